The zero-order valence-corrected chi connectivity index (χ0v) is 10.5. The van der Waals surface area contributed by atoms with Crippen LogP contribution < -0.4 is 5.32 Å². The summed E-state index contributed by atoms with van der Waals surface area (Å²) in [6.45, 7) is 5.62. The maximum atomic E-state index is 5.45. The van der Waals surface area contributed by atoms with Crippen molar-refractivity contribution in [2.24, 2.45) is 0 Å². The monoisotopic (exact) mass is 235 g/mol. The molecule has 1 aromatic rings. The topological polar surface area (TPSA) is 37.4 Å². The predicted octanol–water partition coefficient (Wildman–Crippen LogP) is 1.02. The summed E-state index contributed by atoms with van der Waals surface area (Å²) in [6.07, 6.45) is 1.12. The average molecular weight is 235 g/mol. The molecule has 2 rings (SSSR count). The molecule has 4 nitrogen and oxygen atoms in total. The van der Waals surface area contributed by atoms with Crippen LogP contribution >= 0.6 is 0 Å². The van der Waals surface area contributed by atoms with Gasteiger partial charge in [0.05, 0.1) is 18.0 Å². The Morgan fingerprint density at radius 1 is 1.29 bits per heavy atom. The van der Waals surface area contributed by atoms with Crippen LogP contribution in [0.2, 0.25) is 0 Å². The van der Waals surface area contributed by atoms with Gasteiger partial charge in [0.15, 0.2) is 0 Å². The van der Waals surface area contributed by atoms with E-state index >= 15 is 0 Å². The molecule has 0 aliphatic carbocycles. The number of aromatic nitrogens is 1. The summed E-state index contributed by atoms with van der Waals surface area (Å²) >= 11 is 0. The minimum Gasteiger partial charge on any atom is -0.380 e. The normalized spacial score (nSPS) is 17.9. The van der Waals surface area contributed by atoms with E-state index in [2.05, 4.69) is 33.4 Å². The van der Waals surface area contributed by atoms with E-state index in [-0.39, 0.29) is 0 Å². The van der Waals surface area contributed by atoms with Crippen LogP contribution in [0, 0.1) is 0 Å². The lowest BCUT2D eigenvalue weighted by Gasteiger charge is -2.18. The van der Waals surface area contributed by atoms with Crippen molar-refractivity contribution in [1.82, 2.24) is 15.2 Å². The quantitative estimate of drug-likeness (QED) is 0.845. The summed E-state index contributed by atoms with van der Waals surface area (Å²) in [5, 5.41) is 3.13. The van der Waals surface area contributed by atoms with Gasteiger partial charge in [0.2, 0.25) is 0 Å². The van der Waals surface area contributed by atoms with Crippen molar-refractivity contribution in [3.63, 3.8) is 0 Å². The van der Waals surface area contributed by atoms with Gasteiger partial charge in [-0.25, -0.2) is 0 Å². The van der Waals surface area contributed by atoms with Crippen LogP contribution in [0.4, 0.5) is 0 Å². The van der Waals surface area contributed by atoms with Gasteiger partial charge in [0, 0.05) is 32.8 Å². The SMILES string of the molecule is CNCc1cccc(CN2CCCOCC2)n1. The number of hydrogen-bond acceptors (Lipinski definition) is 4. The lowest BCUT2D eigenvalue weighted by atomic mass is 10.2. The molecule has 0 saturated carbocycles. The molecule has 1 fully saturated rings. The van der Waals surface area contributed by atoms with Crippen LogP contribution in [0.15, 0.2) is 18.2 Å². The number of nitrogens with zero attached hydrogens (tertiary/aromatic N) is 2. The first-order valence-electron chi connectivity index (χ1n) is 6.28. The Kier molecular flexibility index (Phi) is 4.91. The summed E-state index contributed by atoms with van der Waals surface area (Å²) in [6, 6.07) is 6.25. The Morgan fingerprint density at radius 3 is 3.06 bits per heavy atom. The van der Waals surface area contributed by atoms with Crippen molar-refractivity contribution in [3.8, 4) is 0 Å². The van der Waals surface area contributed by atoms with E-state index < -0.39 is 0 Å². The summed E-state index contributed by atoms with van der Waals surface area (Å²) < 4.78 is 5.45. The fraction of sp³-hybridized carbons (Fsp3) is 0.615. The minimum atomic E-state index is 0.830. The second kappa shape index (κ2) is 6.69. The molecule has 1 aliphatic rings. The van der Waals surface area contributed by atoms with Gasteiger partial charge in [-0.2, -0.15) is 0 Å². The molecule has 94 valence electrons. The molecule has 1 N–H and O–H groups in total. The molecule has 0 radical (unpaired) electrons. The number of ether oxygens (including phenoxy) is 1. The van der Waals surface area contributed by atoms with E-state index in [4.69, 9.17) is 4.74 Å². The van der Waals surface area contributed by atoms with Gasteiger partial charge in [-0.3, -0.25) is 9.88 Å². The first-order chi connectivity index (χ1) is 8.38. The van der Waals surface area contributed by atoms with E-state index in [1.54, 1.807) is 0 Å². The van der Waals surface area contributed by atoms with Crippen LogP contribution in [-0.4, -0.2) is 43.2 Å². The number of rotatable bonds is 4. The van der Waals surface area contributed by atoms with Gasteiger partial charge in [-0.15, -0.1) is 0 Å². The van der Waals surface area contributed by atoms with E-state index in [0.29, 0.717) is 0 Å². The maximum Gasteiger partial charge on any atom is 0.0593 e. The average Bonchev–Trinajstić information content (AvgIpc) is 2.59. The highest BCUT2D eigenvalue weighted by atomic mass is 16.5. The van der Waals surface area contributed by atoms with Crippen LogP contribution in [0.25, 0.3) is 0 Å². The smallest absolute Gasteiger partial charge is 0.0593 e. The summed E-state index contributed by atoms with van der Waals surface area (Å²) in [5.74, 6) is 0. The number of pyridine rings is 1. The van der Waals surface area contributed by atoms with Crippen molar-refractivity contribution >= 4 is 0 Å². The Bertz CT molecular complexity index is 335. The van der Waals surface area contributed by atoms with Crippen molar-refractivity contribution in [2.45, 2.75) is 19.5 Å². The van der Waals surface area contributed by atoms with Gasteiger partial charge in [0.25, 0.3) is 0 Å². The zero-order chi connectivity index (χ0) is 11.9. The van der Waals surface area contributed by atoms with Crippen molar-refractivity contribution in [2.75, 3.05) is 33.4 Å². The molecular formula is C13H21N3O. The third-order valence-electron chi connectivity index (χ3n) is 2.92. The minimum absolute atomic E-state index is 0.830. The molecule has 0 amide bonds. The fourth-order valence-corrected chi connectivity index (χ4v) is 2.08. The third-order valence-corrected chi connectivity index (χ3v) is 2.92. The molecule has 17 heavy (non-hydrogen) atoms. The molecule has 1 aromatic heterocycles. The molecule has 1 aliphatic heterocycles. The predicted molar refractivity (Wildman–Crippen MR) is 67.7 cm³/mol. The van der Waals surface area contributed by atoms with E-state index in [1.165, 1.54) is 0 Å². The standard InChI is InChI=1S/C13H21N3O/c1-14-10-12-4-2-5-13(15-12)11-16-6-3-8-17-9-7-16/h2,4-5,14H,3,6-11H2,1H3. The summed E-state index contributed by atoms with van der Waals surface area (Å²) in [5.41, 5.74) is 2.26. The number of nitrogens with one attached hydrogen (secondary N) is 1. The molecule has 0 atom stereocenters. The van der Waals surface area contributed by atoms with Crippen molar-refractivity contribution < 1.29 is 4.74 Å². The Morgan fingerprint density at radius 2 is 2.18 bits per heavy atom. The van der Waals surface area contributed by atoms with E-state index in [0.717, 1.165) is 57.2 Å². The van der Waals surface area contributed by atoms with Crippen LogP contribution in [0.1, 0.15) is 17.8 Å². The van der Waals surface area contributed by atoms with Gasteiger partial charge >= 0.3 is 0 Å². The highest BCUT2D eigenvalue weighted by Crippen LogP contribution is 2.06. The second-order valence-corrected chi connectivity index (χ2v) is 4.39. The largest absolute Gasteiger partial charge is 0.380 e. The fourth-order valence-electron chi connectivity index (χ4n) is 2.08. The van der Waals surface area contributed by atoms with Gasteiger partial charge in [0.1, 0.15) is 0 Å². The highest BCUT2D eigenvalue weighted by molar-refractivity contribution is 5.11. The first-order valence-corrected chi connectivity index (χ1v) is 6.28. The highest BCUT2D eigenvalue weighted by Gasteiger charge is 2.10. The molecule has 0 bridgehead atoms. The molecule has 2 heterocycles. The van der Waals surface area contributed by atoms with Crippen LogP contribution in [0.5, 0.6) is 0 Å². The molecule has 0 aromatic carbocycles. The lowest BCUT2D eigenvalue weighted by Crippen LogP contribution is -2.26. The zero-order valence-electron chi connectivity index (χ0n) is 10.5. The molecule has 4 heteroatoms. The lowest BCUT2D eigenvalue weighted by molar-refractivity contribution is 0.140. The van der Waals surface area contributed by atoms with Gasteiger partial charge in [-0.1, -0.05) is 6.07 Å². The Hall–Kier alpha value is -0.970. The molecule has 0 unspecified atom stereocenters. The molecule has 1 saturated heterocycles. The Balaban J connectivity index is 1.94. The van der Waals surface area contributed by atoms with Crippen molar-refractivity contribution in [1.29, 1.82) is 0 Å². The van der Waals surface area contributed by atoms with Gasteiger partial charge < -0.3 is 10.1 Å². The third kappa shape index (κ3) is 4.07. The number of hydrogen-bond donors (Lipinski definition) is 1. The maximum absolute atomic E-state index is 5.45. The van der Waals surface area contributed by atoms with Crippen LogP contribution in [-0.2, 0) is 17.8 Å². The van der Waals surface area contributed by atoms with Gasteiger partial charge in [-0.05, 0) is 25.6 Å². The van der Waals surface area contributed by atoms with E-state index in [9.17, 15) is 0 Å². The summed E-state index contributed by atoms with van der Waals surface area (Å²) in [4.78, 5) is 7.06. The van der Waals surface area contributed by atoms with Crippen molar-refractivity contribution in [3.05, 3.63) is 29.6 Å². The first kappa shape index (κ1) is 12.5. The van der Waals surface area contributed by atoms with Crippen LogP contribution in [0.3, 0.4) is 0 Å². The summed E-state index contributed by atoms with van der Waals surface area (Å²) in [7, 11) is 1.94. The second-order valence-electron chi connectivity index (χ2n) is 4.39. The van der Waals surface area contributed by atoms with E-state index in [1.807, 2.05) is 7.05 Å². The molecule has 0 spiro atoms. The molecular weight excluding hydrogens is 214 g/mol. The Labute approximate surface area is 103 Å².